The van der Waals surface area contributed by atoms with Crippen molar-refractivity contribution < 1.29 is 9.32 Å². The Labute approximate surface area is 124 Å². The van der Waals surface area contributed by atoms with Gasteiger partial charge in [0.1, 0.15) is 11.8 Å². The van der Waals surface area contributed by atoms with Gasteiger partial charge in [-0.3, -0.25) is 4.79 Å². The molecule has 0 bridgehead atoms. The van der Waals surface area contributed by atoms with Gasteiger partial charge in [-0.2, -0.15) is 0 Å². The third-order valence-electron chi connectivity index (χ3n) is 3.17. The number of aryl methyl sites for hydroxylation is 3. The predicted molar refractivity (Wildman–Crippen MR) is 83.5 cm³/mol. The van der Waals surface area contributed by atoms with E-state index in [9.17, 15) is 4.79 Å². The SMILES string of the molecule is CC[C@@H](Nc1cc(C)cc(C)c1)C(=O)Nc1cc(C)on1. The van der Waals surface area contributed by atoms with E-state index in [0.717, 1.165) is 5.69 Å². The van der Waals surface area contributed by atoms with Crippen LogP contribution in [-0.4, -0.2) is 17.1 Å². The topological polar surface area (TPSA) is 67.2 Å². The Bertz CT molecular complexity index is 614. The first-order chi connectivity index (χ1) is 9.97. The lowest BCUT2D eigenvalue weighted by Gasteiger charge is -2.18. The van der Waals surface area contributed by atoms with Gasteiger partial charge in [-0.1, -0.05) is 18.1 Å². The van der Waals surface area contributed by atoms with Gasteiger partial charge in [-0.15, -0.1) is 0 Å². The number of nitrogens with zero attached hydrogens (tertiary/aromatic N) is 1. The fourth-order valence-electron chi connectivity index (χ4n) is 2.25. The van der Waals surface area contributed by atoms with E-state index in [2.05, 4.69) is 21.9 Å². The summed E-state index contributed by atoms with van der Waals surface area (Å²) in [6, 6.07) is 7.54. The summed E-state index contributed by atoms with van der Waals surface area (Å²) < 4.78 is 4.94. The molecule has 1 heterocycles. The molecule has 0 aliphatic carbocycles. The van der Waals surface area contributed by atoms with E-state index in [1.807, 2.05) is 32.9 Å². The molecule has 1 aromatic heterocycles. The van der Waals surface area contributed by atoms with Crippen molar-refractivity contribution in [3.8, 4) is 0 Å². The van der Waals surface area contributed by atoms with Gasteiger partial charge in [0, 0.05) is 11.8 Å². The molecule has 0 fully saturated rings. The molecule has 0 unspecified atom stereocenters. The van der Waals surface area contributed by atoms with Crippen molar-refractivity contribution in [2.45, 2.75) is 40.2 Å². The van der Waals surface area contributed by atoms with Crippen molar-refractivity contribution in [1.29, 1.82) is 0 Å². The molecule has 0 saturated carbocycles. The number of carbonyl (C=O) groups excluding carboxylic acids is 1. The highest BCUT2D eigenvalue weighted by molar-refractivity contribution is 5.95. The fourth-order valence-corrected chi connectivity index (χ4v) is 2.25. The zero-order chi connectivity index (χ0) is 15.4. The molecule has 5 heteroatoms. The molecular formula is C16H21N3O2. The number of anilines is 2. The van der Waals surface area contributed by atoms with Crippen LogP contribution in [0.2, 0.25) is 0 Å². The van der Waals surface area contributed by atoms with Gasteiger partial charge < -0.3 is 15.2 Å². The molecule has 21 heavy (non-hydrogen) atoms. The number of rotatable bonds is 5. The lowest BCUT2D eigenvalue weighted by atomic mass is 10.1. The van der Waals surface area contributed by atoms with Crippen molar-refractivity contribution in [3.05, 3.63) is 41.2 Å². The maximum Gasteiger partial charge on any atom is 0.248 e. The molecule has 0 aliphatic heterocycles. The first-order valence-corrected chi connectivity index (χ1v) is 7.07. The van der Waals surface area contributed by atoms with E-state index in [0.29, 0.717) is 18.0 Å². The standard InChI is InChI=1S/C16H21N3O2/c1-5-14(16(20)18-15-9-12(4)21-19-15)17-13-7-10(2)6-11(3)8-13/h6-9,14,17H,5H2,1-4H3,(H,18,19,20)/t14-/m1/s1. The highest BCUT2D eigenvalue weighted by Crippen LogP contribution is 2.16. The quantitative estimate of drug-likeness (QED) is 0.884. The van der Waals surface area contributed by atoms with Crippen molar-refractivity contribution in [2.24, 2.45) is 0 Å². The Morgan fingerprint density at radius 3 is 2.38 bits per heavy atom. The number of hydrogen-bond donors (Lipinski definition) is 2. The lowest BCUT2D eigenvalue weighted by Crippen LogP contribution is -2.34. The molecule has 2 aromatic rings. The summed E-state index contributed by atoms with van der Waals surface area (Å²) in [5.41, 5.74) is 3.28. The second-order valence-electron chi connectivity index (χ2n) is 5.29. The molecule has 0 aliphatic rings. The van der Waals surface area contributed by atoms with Crippen LogP contribution in [0, 0.1) is 20.8 Å². The highest BCUT2D eigenvalue weighted by Gasteiger charge is 2.17. The summed E-state index contributed by atoms with van der Waals surface area (Å²) in [4.78, 5) is 12.3. The highest BCUT2D eigenvalue weighted by atomic mass is 16.5. The first-order valence-electron chi connectivity index (χ1n) is 7.07. The van der Waals surface area contributed by atoms with Gasteiger partial charge in [-0.25, -0.2) is 0 Å². The molecule has 0 saturated heterocycles. The maximum absolute atomic E-state index is 12.3. The van der Waals surface area contributed by atoms with Crippen molar-refractivity contribution in [2.75, 3.05) is 10.6 Å². The first kappa shape index (κ1) is 15.1. The van der Waals surface area contributed by atoms with Crippen LogP contribution in [0.1, 0.15) is 30.2 Å². The molecule has 1 amide bonds. The average Bonchev–Trinajstić information content (AvgIpc) is 2.80. The maximum atomic E-state index is 12.3. The minimum atomic E-state index is -0.316. The number of benzene rings is 1. The summed E-state index contributed by atoms with van der Waals surface area (Å²) in [5.74, 6) is 0.990. The Hall–Kier alpha value is -2.30. The summed E-state index contributed by atoms with van der Waals surface area (Å²) in [6.45, 7) is 7.83. The minimum Gasteiger partial charge on any atom is -0.374 e. The summed E-state index contributed by atoms with van der Waals surface area (Å²) >= 11 is 0. The van der Waals surface area contributed by atoms with Crippen molar-refractivity contribution >= 4 is 17.4 Å². The molecular weight excluding hydrogens is 266 g/mol. The van der Waals surface area contributed by atoms with Crippen molar-refractivity contribution in [1.82, 2.24) is 5.16 Å². The minimum absolute atomic E-state index is 0.120. The van der Waals surface area contributed by atoms with E-state index in [4.69, 9.17) is 4.52 Å². The van der Waals surface area contributed by atoms with Crippen LogP contribution < -0.4 is 10.6 Å². The van der Waals surface area contributed by atoms with E-state index >= 15 is 0 Å². The molecule has 1 atom stereocenters. The zero-order valence-electron chi connectivity index (χ0n) is 12.9. The lowest BCUT2D eigenvalue weighted by molar-refractivity contribution is -0.117. The zero-order valence-corrected chi connectivity index (χ0v) is 12.9. The Morgan fingerprint density at radius 2 is 1.86 bits per heavy atom. The van der Waals surface area contributed by atoms with E-state index < -0.39 is 0 Å². The van der Waals surface area contributed by atoms with E-state index in [-0.39, 0.29) is 11.9 Å². The third kappa shape index (κ3) is 4.08. The monoisotopic (exact) mass is 287 g/mol. The Kier molecular flexibility index (Phi) is 4.62. The number of carbonyl (C=O) groups is 1. The molecule has 1 aromatic carbocycles. The van der Waals surface area contributed by atoms with Crippen LogP contribution >= 0.6 is 0 Å². The molecule has 2 N–H and O–H groups in total. The smallest absolute Gasteiger partial charge is 0.248 e. The average molecular weight is 287 g/mol. The molecule has 5 nitrogen and oxygen atoms in total. The van der Waals surface area contributed by atoms with Crippen LogP contribution in [0.3, 0.4) is 0 Å². The Balaban J connectivity index is 2.06. The van der Waals surface area contributed by atoms with Gasteiger partial charge >= 0.3 is 0 Å². The third-order valence-corrected chi connectivity index (χ3v) is 3.17. The second-order valence-corrected chi connectivity index (χ2v) is 5.29. The van der Waals surface area contributed by atoms with Crippen LogP contribution in [0.5, 0.6) is 0 Å². The summed E-state index contributed by atoms with van der Waals surface area (Å²) in [6.07, 6.45) is 0.676. The van der Waals surface area contributed by atoms with Crippen molar-refractivity contribution in [3.63, 3.8) is 0 Å². The van der Waals surface area contributed by atoms with E-state index in [1.54, 1.807) is 13.0 Å². The van der Waals surface area contributed by atoms with Crippen LogP contribution in [0.4, 0.5) is 11.5 Å². The van der Waals surface area contributed by atoms with Gasteiger partial charge in [0.05, 0.1) is 0 Å². The molecule has 0 spiro atoms. The fraction of sp³-hybridized carbons (Fsp3) is 0.375. The molecule has 0 radical (unpaired) electrons. The van der Waals surface area contributed by atoms with Gasteiger partial charge in [0.2, 0.25) is 5.91 Å². The van der Waals surface area contributed by atoms with Gasteiger partial charge in [0.15, 0.2) is 5.82 Å². The van der Waals surface area contributed by atoms with Crippen LogP contribution in [0.25, 0.3) is 0 Å². The second kappa shape index (κ2) is 6.43. The van der Waals surface area contributed by atoms with E-state index in [1.165, 1.54) is 11.1 Å². The van der Waals surface area contributed by atoms with Crippen LogP contribution in [-0.2, 0) is 4.79 Å². The number of amides is 1. The van der Waals surface area contributed by atoms with Crippen LogP contribution in [0.15, 0.2) is 28.8 Å². The largest absolute Gasteiger partial charge is 0.374 e. The predicted octanol–water partition coefficient (Wildman–Crippen LogP) is 3.43. The normalized spacial score (nSPS) is 12.0. The summed E-state index contributed by atoms with van der Waals surface area (Å²) in [5, 5.41) is 9.80. The number of nitrogens with one attached hydrogen (secondary N) is 2. The Morgan fingerprint density at radius 1 is 1.19 bits per heavy atom. The summed E-state index contributed by atoms with van der Waals surface area (Å²) in [7, 11) is 0. The number of aromatic nitrogens is 1. The number of hydrogen-bond acceptors (Lipinski definition) is 4. The van der Waals surface area contributed by atoms with Gasteiger partial charge in [0.25, 0.3) is 0 Å². The van der Waals surface area contributed by atoms with Gasteiger partial charge in [-0.05, 0) is 50.5 Å². The molecule has 2 rings (SSSR count). The molecule has 112 valence electrons.